The quantitative estimate of drug-likeness (QED) is 0.234. The summed E-state index contributed by atoms with van der Waals surface area (Å²) in [6.07, 6.45) is 5.73. The summed E-state index contributed by atoms with van der Waals surface area (Å²) in [5.41, 5.74) is 7.28. The zero-order chi connectivity index (χ0) is 25.4. The molecule has 0 saturated heterocycles. The second-order valence-electron chi connectivity index (χ2n) is 9.59. The zero-order valence-corrected chi connectivity index (χ0v) is 22.8. The van der Waals surface area contributed by atoms with Crippen molar-refractivity contribution in [3.05, 3.63) is 123 Å². The molecule has 0 bridgehead atoms. The number of rotatable bonds is 6. The van der Waals surface area contributed by atoms with Crippen molar-refractivity contribution in [1.82, 2.24) is 0 Å². The predicted octanol–water partition coefficient (Wildman–Crippen LogP) is 9.18. The Bertz CT molecular complexity index is 1450. The smallest absolute Gasteiger partial charge is 0.175 e. The van der Waals surface area contributed by atoms with Crippen LogP contribution in [0, 0.1) is 5.92 Å². The Morgan fingerprint density at radius 3 is 2.54 bits per heavy atom. The van der Waals surface area contributed by atoms with Crippen molar-refractivity contribution in [3.63, 3.8) is 0 Å². The zero-order valence-electron chi connectivity index (χ0n) is 20.5. The highest BCUT2D eigenvalue weighted by atomic mass is 79.9. The first kappa shape index (κ1) is 24.1. The Kier molecular flexibility index (Phi) is 6.71. The minimum Gasteiger partial charge on any atom is -0.493 e. The monoisotopic (exact) mass is 571 g/mol. The summed E-state index contributed by atoms with van der Waals surface area (Å²) in [6, 6.07) is 29.5. The van der Waals surface area contributed by atoms with Gasteiger partial charge >= 0.3 is 0 Å². The van der Waals surface area contributed by atoms with Crippen LogP contribution in [-0.4, -0.2) is 7.11 Å². The third-order valence-corrected chi connectivity index (χ3v) is 8.22. The van der Waals surface area contributed by atoms with Gasteiger partial charge < -0.3 is 14.8 Å². The Morgan fingerprint density at radius 2 is 1.76 bits per heavy atom. The van der Waals surface area contributed by atoms with Gasteiger partial charge in [-0.15, -0.1) is 0 Å². The van der Waals surface area contributed by atoms with E-state index in [-0.39, 0.29) is 6.04 Å². The second kappa shape index (κ2) is 10.3. The van der Waals surface area contributed by atoms with E-state index in [1.54, 1.807) is 7.11 Å². The standard InChI is InChI=1S/C32H27BrClNO2/c1-36-30-18-23(17-28(33)32(30)37-19-20-10-13-24(34)14-11-20)31-26-9-5-8-25(26)27-16-22(12-15-29(27)35-31)21-6-3-2-4-7-21/h2-8,10-18,25-26,31,35H,9,19H2,1H3/t25-,26+,31+/m1/s1. The van der Waals surface area contributed by atoms with Gasteiger partial charge in [-0.25, -0.2) is 0 Å². The third-order valence-electron chi connectivity index (χ3n) is 7.38. The van der Waals surface area contributed by atoms with Crippen LogP contribution in [-0.2, 0) is 6.61 Å². The number of nitrogens with one attached hydrogen (secondary N) is 1. The minimum absolute atomic E-state index is 0.158. The molecule has 1 aliphatic heterocycles. The molecule has 1 aliphatic carbocycles. The van der Waals surface area contributed by atoms with Gasteiger partial charge in [-0.05, 0) is 92.5 Å². The summed E-state index contributed by atoms with van der Waals surface area (Å²) in [7, 11) is 1.69. The van der Waals surface area contributed by atoms with E-state index in [1.165, 1.54) is 27.9 Å². The van der Waals surface area contributed by atoms with Crippen LogP contribution in [0.15, 0.2) is 102 Å². The van der Waals surface area contributed by atoms with Crippen LogP contribution in [0.25, 0.3) is 11.1 Å². The number of hydrogen-bond donors (Lipinski definition) is 1. The Balaban J connectivity index is 1.30. The van der Waals surface area contributed by atoms with Gasteiger partial charge in [0.25, 0.3) is 0 Å². The number of methoxy groups -OCH3 is 1. The summed E-state index contributed by atoms with van der Waals surface area (Å²) < 4.78 is 12.8. The van der Waals surface area contributed by atoms with Gasteiger partial charge in [-0.2, -0.15) is 0 Å². The first-order valence-electron chi connectivity index (χ1n) is 12.5. The van der Waals surface area contributed by atoms with Crippen molar-refractivity contribution in [2.75, 3.05) is 12.4 Å². The lowest BCUT2D eigenvalue weighted by atomic mass is 9.76. The van der Waals surface area contributed by atoms with Crippen molar-refractivity contribution in [2.24, 2.45) is 5.92 Å². The second-order valence-corrected chi connectivity index (χ2v) is 10.9. The van der Waals surface area contributed by atoms with Gasteiger partial charge in [0.15, 0.2) is 11.5 Å². The number of benzene rings is 4. The van der Waals surface area contributed by atoms with E-state index in [4.69, 9.17) is 21.1 Å². The fourth-order valence-electron chi connectivity index (χ4n) is 5.53. The largest absolute Gasteiger partial charge is 0.493 e. The number of ether oxygens (including phenoxy) is 2. The summed E-state index contributed by atoms with van der Waals surface area (Å²) in [6.45, 7) is 0.429. The number of hydrogen-bond acceptors (Lipinski definition) is 3. The lowest BCUT2D eigenvalue weighted by Gasteiger charge is -2.38. The van der Waals surface area contributed by atoms with E-state index in [9.17, 15) is 0 Å². The molecule has 5 heteroatoms. The van der Waals surface area contributed by atoms with E-state index in [1.807, 2.05) is 24.3 Å². The van der Waals surface area contributed by atoms with Gasteiger partial charge in [0.2, 0.25) is 0 Å². The summed E-state index contributed by atoms with van der Waals surface area (Å²) in [5.74, 6) is 2.21. The lowest BCUT2D eigenvalue weighted by Crippen LogP contribution is -2.29. The molecule has 0 spiro atoms. The average molecular weight is 573 g/mol. The van der Waals surface area contributed by atoms with Crippen LogP contribution in [0.4, 0.5) is 5.69 Å². The summed E-state index contributed by atoms with van der Waals surface area (Å²) >= 11 is 9.78. The highest BCUT2D eigenvalue weighted by molar-refractivity contribution is 9.10. The maximum Gasteiger partial charge on any atom is 0.175 e. The van der Waals surface area contributed by atoms with Crippen LogP contribution >= 0.6 is 27.5 Å². The summed E-state index contributed by atoms with van der Waals surface area (Å²) in [5, 5.41) is 4.57. The fraction of sp³-hybridized carbons (Fsp3) is 0.188. The molecule has 1 N–H and O–H groups in total. The molecule has 0 saturated carbocycles. The molecule has 0 aromatic heterocycles. The molecule has 0 radical (unpaired) electrons. The van der Waals surface area contributed by atoms with Crippen LogP contribution in [0.1, 0.15) is 35.1 Å². The average Bonchev–Trinajstić information content (AvgIpc) is 3.43. The van der Waals surface area contributed by atoms with E-state index < -0.39 is 0 Å². The van der Waals surface area contributed by atoms with Crippen LogP contribution in [0.2, 0.25) is 5.02 Å². The molecule has 1 heterocycles. The number of allylic oxidation sites excluding steroid dienone is 2. The van der Waals surface area contributed by atoms with E-state index >= 15 is 0 Å². The third kappa shape index (κ3) is 4.76. The van der Waals surface area contributed by atoms with Gasteiger partial charge in [0.1, 0.15) is 6.61 Å². The Morgan fingerprint density at radius 1 is 0.946 bits per heavy atom. The normalized spacial score (nSPS) is 19.6. The lowest BCUT2D eigenvalue weighted by molar-refractivity contribution is 0.282. The van der Waals surface area contributed by atoms with Crippen molar-refractivity contribution in [2.45, 2.75) is 25.0 Å². The fourth-order valence-corrected chi connectivity index (χ4v) is 6.23. The van der Waals surface area contributed by atoms with Crippen LogP contribution in [0.5, 0.6) is 11.5 Å². The highest BCUT2D eigenvalue weighted by Crippen LogP contribution is 2.52. The van der Waals surface area contributed by atoms with E-state index in [0.29, 0.717) is 35.0 Å². The molecular formula is C32H27BrClNO2. The van der Waals surface area contributed by atoms with Crippen LogP contribution in [0.3, 0.4) is 0 Å². The molecule has 2 aliphatic rings. The first-order valence-corrected chi connectivity index (χ1v) is 13.6. The van der Waals surface area contributed by atoms with Crippen molar-refractivity contribution in [3.8, 4) is 22.6 Å². The molecule has 37 heavy (non-hydrogen) atoms. The molecule has 6 rings (SSSR count). The molecule has 0 fully saturated rings. The van der Waals surface area contributed by atoms with Gasteiger partial charge in [0.05, 0.1) is 17.6 Å². The molecule has 3 atom stereocenters. The first-order chi connectivity index (χ1) is 18.1. The highest BCUT2D eigenvalue weighted by Gasteiger charge is 2.38. The van der Waals surface area contributed by atoms with Crippen molar-refractivity contribution in [1.29, 1.82) is 0 Å². The van der Waals surface area contributed by atoms with Crippen molar-refractivity contribution >= 4 is 33.2 Å². The van der Waals surface area contributed by atoms with E-state index in [0.717, 1.165) is 16.5 Å². The maximum atomic E-state index is 6.18. The number of anilines is 1. The molecule has 3 nitrogen and oxygen atoms in total. The predicted molar refractivity (Wildman–Crippen MR) is 155 cm³/mol. The number of fused-ring (bicyclic) bond motifs is 3. The number of halogens is 2. The minimum atomic E-state index is 0.158. The van der Waals surface area contributed by atoms with Gasteiger partial charge in [-0.3, -0.25) is 0 Å². The van der Waals surface area contributed by atoms with Crippen molar-refractivity contribution < 1.29 is 9.47 Å². The van der Waals surface area contributed by atoms with E-state index in [2.05, 4.69) is 94.1 Å². The molecule has 186 valence electrons. The summed E-state index contributed by atoms with van der Waals surface area (Å²) in [4.78, 5) is 0. The van der Waals surface area contributed by atoms with Gasteiger partial charge in [0, 0.05) is 16.6 Å². The molecule has 4 aromatic rings. The Labute approximate surface area is 231 Å². The molecule has 0 amide bonds. The Hall–Kier alpha value is -3.21. The topological polar surface area (TPSA) is 30.5 Å². The molecule has 4 aromatic carbocycles. The SMILES string of the molecule is COc1cc([C@@H]2Nc3ccc(-c4ccccc4)cc3[C@@H]3C=CC[C@@H]32)cc(Br)c1OCc1ccc(Cl)cc1. The molecule has 0 unspecified atom stereocenters. The van der Waals surface area contributed by atoms with Gasteiger partial charge in [-0.1, -0.05) is 72.3 Å². The van der Waals surface area contributed by atoms with Crippen LogP contribution < -0.4 is 14.8 Å². The molecular weight excluding hydrogens is 546 g/mol. The maximum absolute atomic E-state index is 6.18.